The zero-order chi connectivity index (χ0) is 26.3. The summed E-state index contributed by atoms with van der Waals surface area (Å²) < 4.78 is 16.1. The first kappa shape index (κ1) is 28.5. The first-order chi connectivity index (χ1) is 16.5. The van der Waals surface area contributed by atoms with Gasteiger partial charge in [-0.05, 0) is 43.9 Å². The van der Waals surface area contributed by atoms with Gasteiger partial charge in [-0.3, -0.25) is 0 Å². The minimum atomic E-state index is -1.28. The quantitative estimate of drug-likeness (QED) is 0.201. The van der Waals surface area contributed by atoms with Crippen LogP contribution in [-0.4, -0.2) is 70.9 Å². The highest BCUT2D eigenvalue weighted by atomic mass is 16.6. The minimum Gasteiger partial charge on any atom is -0.460 e. The second-order valence-corrected chi connectivity index (χ2v) is 9.13. The first-order valence-corrected chi connectivity index (χ1v) is 11.8. The van der Waals surface area contributed by atoms with E-state index in [1.54, 1.807) is 19.9 Å². The fourth-order valence-corrected chi connectivity index (χ4v) is 3.88. The zero-order valence-corrected chi connectivity index (χ0v) is 20.7. The van der Waals surface area contributed by atoms with Crippen molar-refractivity contribution < 1.29 is 43.9 Å². The molecule has 3 N–H and O–H groups in total. The number of rotatable bonds is 8. The van der Waals surface area contributed by atoms with Crippen LogP contribution in [0.2, 0.25) is 0 Å². The van der Waals surface area contributed by atoms with Crippen molar-refractivity contribution in [2.75, 3.05) is 13.2 Å². The number of ether oxygens (including phenoxy) is 3. The number of hydrogen-bond acceptors (Lipinski definition) is 9. The predicted molar refractivity (Wildman–Crippen MR) is 127 cm³/mol. The molecule has 0 aromatic carbocycles. The van der Waals surface area contributed by atoms with Crippen LogP contribution in [-0.2, 0) is 28.6 Å². The highest BCUT2D eigenvalue weighted by Crippen LogP contribution is 2.36. The lowest BCUT2D eigenvalue weighted by Gasteiger charge is -2.28. The molecule has 1 fully saturated rings. The fourth-order valence-electron chi connectivity index (χ4n) is 3.88. The van der Waals surface area contributed by atoms with Gasteiger partial charge in [0.1, 0.15) is 18.8 Å². The van der Waals surface area contributed by atoms with Gasteiger partial charge >= 0.3 is 17.9 Å². The maximum Gasteiger partial charge on any atom is 0.336 e. The van der Waals surface area contributed by atoms with Gasteiger partial charge in [-0.1, -0.05) is 38.5 Å². The smallest absolute Gasteiger partial charge is 0.336 e. The Morgan fingerprint density at radius 2 is 2.03 bits per heavy atom. The topological polar surface area (TPSA) is 140 Å². The highest BCUT2D eigenvalue weighted by Gasteiger charge is 2.44. The fraction of sp³-hybridized carbons (Fsp3) is 0.577. The summed E-state index contributed by atoms with van der Waals surface area (Å²) in [5.41, 5.74) is 1.48. The molecule has 1 saturated heterocycles. The van der Waals surface area contributed by atoms with E-state index in [4.69, 9.17) is 14.2 Å². The molecule has 0 aromatic rings. The SMILES string of the molecule is C=C1C(=O)OC2C=C(C)C(O)CC=C(C)CC(OC(=O)C(=CCOC(=O)C(O)C(C)CC)CO)C12. The van der Waals surface area contributed by atoms with Crippen molar-refractivity contribution in [1.82, 2.24) is 0 Å². The summed E-state index contributed by atoms with van der Waals surface area (Å²) in [6.45, 7) is 9.93. The molecular formula is C26H36O9. The van der Waals surface area contributed by atoms with Gasteiger partial charge in [-0.25, -0.2) is 14.4 Å². The normalized spacial score (nSPS) is 27.1. The van der Waals surface area contributed by atoms with Gasteiger partial charge in [0.05, 0.1) is 24.2 Å². The van der Waals surface area contributed by atoms with Crippen molar-refractivity contribution in [1.29, 1.82) is 0 Å². The van der Waals surface area contributed by atoms with Gasteiger partial charge in [-0.15, -0.1) is 0 Å². The summed E-state index contributed by atoms with van der Waals surface area (Å²) in [5.74, 6) is -3.23. The maximum absolute atomic E-state index is 12.9. The molecular weight excluding hydrogens is 456 g/mol. The third-order valence-corrected chi connectivity index (χ3v) is 6.50. The Hall–Kier alpha value is -2.75. The molecule has 35 heavy (non-hydrogen) atoms. The molecule has 0 radical (unpaired) electrons. The molecule has 2 rings (SSSR count). The van der Waals surface area contributed by atoms with Crippen molar-refractivity contribution in [2.45, 2.75) is 71.4 Å². The van der Waals surface area contributed by atoms with Crippen LogP contribution in [0.15, 0.2) is 47.1 Å². The summed E-state index contributed by atoms with van der Waals surface area (Å²) in [5, 5.41) is 30.0. The van der Waals surface area contributed by atoms with Gasteiger partial charge in [0.15, 0.2) is 6.10 Å². The van der Waals surface area contributed by atoms with Crippen molar-refractivity contribution in [3.05, 3.63) is 47.1 Å². The van der Waals surface area contributed by atoms with Crippen molar-refractivity contribution in [3.8, 4) is 0 Å². The molecule has 9 nitrogen and oxygen atoms in total. The largest absolute Gasteiger partial charge is 0.460 e. The van der Waals surface area contributed by atoms with Crippen LogP contribution in [0.1, 0.15) is 47.0 Å². The van der Waals surface area contributed by atoms with Crippen LogP contribution in [0.5, 0.6) is 0 Å². The number of aliphatic hydroxyl groups is 3. The van der Waals surface area contributed by atoms with E-state index in [2.05, 4.69) is 6.58 Å². The lowest BCUT2D eigenvalue weighted by molar-refractivity contribution is -0.155. The van der Waals surface area contributed by atoms with Crippen molar-refractivity contribution in [3.63, 3.8) is 0 Å². The van der Waals surface area contributed by atoms with Crippen LogP contribution in [0, 0.1) is 11.8 Å². The van der Waals surface area contributed by atoms with Crippen molar-refractivity contribution in [2.24, 2.45) is 11.8 Å². The standard InChI is InChI=1S/C26H36O9/c1-6-15(3)23(29)26(32)33-10-9-18(13-27)25(31)35-20-11-14(2)7-8-19(28)16(4)12-21-22(20)17(5)24(30)34-21/h7,9,12,15,19-23,27-29H,5-6,8,10-11,13H2,1-4H3. The highest BCUT2D eigenvalue weighted by molar-refractivity contribution is 5.92. The average Bonchev–Trinajstić information content (AvgIpc) is 3.10. The third-order valence-electron chi connectivity index (χ3n) is 6.50. The Bertz CT molecular complexity index is 914. The first-order valence-electron chi connectivity index (χ1n) is 11.8. The molecule has 2 aliphatic rings. The Kier molecular flexibility index (Phi) is 10.4. The van der Waals surface area contributed by atoms with Gasteiger partial charge < -0.3 is 29.5 Å². The second kappa shape index (κ2) is 12.8. The Morgan fingerprint density at radius 3 is 2.66 bits per heavy atom. The zero-order valence-electron chi connectivity index (χ0n) is 20.7. The van der Waals surface area contributed by atoms with Crippen LogP contribution in [0.4, 0.5) is 0 Å². The summed E-state index contributed by atoms with van der Waals surface area (Å²) in [6.07, 6.45) is 2.30. The molecule has 0 bridgehead atoms. The molecule has 1 aliphatic heterocycles. The van der Waals surface area contributed by atoms with Gasteiger partial charge in [0.25, 0.3) is 0 Å². The van der Waals surface area contributed by atoms with Crippen LogP contribution in [0.25, 0.3) is 0 Å². The molecule has 6 atom stereocenters. The summed E-state index contributed by atoms with van der Waals surface area (Å²) in [4.78, 5) is 37.1. The number of carbonyl (C=O) groups excluding carboxylic acids is 3. The molecule has 0 aromatic heterocycles. The lowest BCUT2D eigenvalue weighted by atomic mass is 9.85. The Balaban J connectivity index is 2.21. The monoisotopic (exact) mass is 492 g/mol. The minimum absolute atomic E-state index is 0.135. The van der Waals surface area contributed by atoms with E-state index in [1.165, 1.54) is 6.08 Å². The van der Waals surface area contributed by atoms with Gasteiger partial charge in [-0.2, -0.15) is 0 Å². The van der Waals surface area contributed by atoms with E-state index in [1.807, 2.05) is 19.9 Å². The van der Waals surface area contributed by atoms with E-state index in [0.29, 0.717) is 18.4 Å². The van der Waals surface area contributed by atoms with Gasteiger partial charge in [0.2, 0.25) is 0 Å². The number of aliphatic hydroxyl groups excluding tert-OH is 3. The number of esters is 3. The number of fused-ring (bicyclic) bond motifs is 1. The van der Waals surface area contributed by atoms with E-state index < -0.39 is 54.8 Å². The van der Waals surface area contributed by atoms with Crippen molar-refractivity contribution >= 4 is 17.9 Å². The van der Waals surface area contributed by atoms with Gasteiger partial charge in [0, 0.05) is 12.0 Å². The predicted octanol–water partition coefficient (Wildman–Crippen LogP) is 1.91. The maximum atomic E-state index is 12.9. The lowest BCUT2D eigenvalue weighted by Crippen LogP contribution is -2.34. The molecule has 6 unspecified atom stereocenters. The van der Waals surface area contributed by atoms with Crippen LogP contribution < -0.4 is 0 Å². The average molecular weight is 493 g/mol. The molecule has 0 saturated carbocycles. The molecule has 1 heterocycles. The van der Waals surface area contributed by atoms with E-state index in [-0.39, 0.29) is 30.1 Å². The van der Waals surface area contributed by atoms with E-state index in [9.17, 15) is 29.7 Å². The second-order valence-electron chi connectivity index (χ2n) is 9.13. The summed E-state index contributed by atoms with van der Waals surface area (Å²) in [7, 11) is 0. The summed E-state index contributed by atoms with van der Waals surface area (Å²) >= 11 is 0. The van der Waals surface area contributed by atoms with Crippen LogP contribution >= 0.6 is 0 Å². The summed E-state index contributed by atoms with van der Waals surface area (Å²) in [6, 6.07) is 0. The molecule has 0 spiro atoms. The number of carbonyl (C=O) groups is 3. The number of hydrogen-bond donors (Lipinski definition) is 3. The molecule has 1 aliphatic carbocycles. The Labute approximate surface area is 205 Å². The third kappa shape index (κ3) is 7.37. The Morgan fingerprint density at radius 1 is 1.34 bits per heavy atom. The molecule has 194 valence electrons. The van der Waals surface area contributed by atoms with Crippen LogP contribution in [0.3, 0.4) is 0 Å². The van der Waals surface area contributed by atoms with E-state index >= 15 is 0 Å². The van der Waals surface area contributed by atoms with E-state index in [0.717, 1.165) is 5.57 Å². The molecule has 9 heteroatoms. The molecule has 0 amide bonds.